The summed E-state index contributed by atoms with van der Waals surface area (Å²) in [5, 5.41) is 40.6. The summed E-state index contributed by atoms with van der Waals surface area (Å²) in [6, 6.07) is 8.13. The van der Waals surface area contributed by atoms with Crippen LogP contribution >= 0.6 is 0 Å². The molecule has 8 rings (SSSR count). The molecule has 0 unspecified atom stereocenters. The Bertz CT molecular complexity index is 1210. The monoisotopic (exact) mass is 544 g/mol. The van der Waals surface area contributed by atoms with Crippen LogP contribution in [-0.2, 0) is 33.8 Å². The van der Waals surface area contributed by atoms with Crippen LogP contribution < -0.4 is 0 Å². The van der Waals surface area contributed by atoms with Gasteiger partial charge in [-0.2, -0.15) is 8.42 Å². The Morgan fingerprint density at radius 3 is 2.46 bits per heavy atom. The summed E-state index contributed by atoms with van der Waals surface area (Å²) in [4.78, 5) is 10.8. The van der Waals surface area contributed by atoms with E-state index >= 15 is 0 Å². The highest BCUT2D eigenvalue weighted by atomic mass is 32.2. The van der Waals surface area contributed by atoms with Gasteiger partial charge in [0.15, 0.2) is 12.6 Å². The first-order valence-corrected chi connectivity index (χ1v) is 13.3. The molecule has 1 aromatic rings. The summed E-state index contributed by atoms with van der Waals surface area (Å²) in [6.07, 6.45) is -9.44. The molecule has 4 heterocycles. The zero-order valence-corrected chi connectivity index (χ0v) is 20.5. The van der Waals surface area contributed by atoms with Crippen molar-refractivity contribution < 1.29 is 61.9 Å². The predicted octanol–water partition coefficient (Wildman–Crippen LogP) is -1.46. The molecule has 3 aliphatic carbocycles. The third kappa shape index (κ3) is 2.99. The lowest BCUT2D eigenvalue weighted by Gasteiger charge is -2.68. The van der Waals surface area contributed by atoms with Crippen LogP contribution in [0, 0.1) is 11.3 Å². The Kier molecular flexibility index (Phi) is 5.46. The average Bonchev–Trinajstić information content (AvgIpc) is 3.07. The van der Waals surface area contributed by atoms with Gasteiger partial charge in [-0.25, -0.2) is 4.79 Å². The van der Waals surface area contributed by atoms with Crippen LogP contribution in [0.3, 0.4) is 0 Å². The molecule has 0 spiro atoms. The van der Waals surface area contributed by atoms with Gasteiger partial charge >= 0.3 is 5.97 Å². The normalized spacial score (nSPS) is 49.6. The Morgan fingerprint density at radius 1 is 1.11 bits per heavy atom. The van der Waals surface area contributed by atoms with Crippen molar-refractivity contribution >= 4 is 16.1 Å². The van der Waals surface area contributed by atoms with Crippen molar-refractivity contribution in [3.05, 3.63) is 35.9 Å². The number of carbonyl (C=O) groups is 1. The van der Waals surface area contributed by atoms with Gasteiger partial charge in [-0.05, 0) is 25.5 Å². The number of hydrogen-bond donors (Lipinski definition) is 5. The second kappa shape index (κ2) is 7.91. The van der Waals surface area contributed by atoms with Crippen molar-refractivity contribution in [3.63, 3.8) is 0 Å². The second-order valence-electron chi connectivity index (χ2n) is 10.6. The minimum atomic E-state index is -4.76. The molecule has 6 bridgehead atoms. The molecule has 11 atom stereocenters. The zero-order valence-electron chi connectivity index (χ0n) is 19.7. The third-order valence-electron chi connectivity index (χ3n) is 8.98. The fourth-order valence-corrected chi connectivity index (χ4v) is 8.49. The fourth-order valence-electron chi connectivity index (χ4n) is 7.17. The molecule has 4 saturated heterocycles. The molecule has 1 aromatic carbocycles. The smallest absolute Gasteiger partial charge is 0.338 e. The van der Waals surface area contributed by atoms with Crippen molar-refractivity contribution in [1.82, 2.24) is 0 Å². The standard InChI is InChI=1S/C23H28O13S/c1-20-9-22(37(29,30)31)13-7-23(20,34-18-16(27)15(26)14(25)12(8-24)33-18)21(13,19(35-20)36-22)10-32-17(28)11-5-3-2-4-6-11/h2-6,12-16,18-19,24-27H,7-10H2,1H3,(H,29,30,31)/t12-,13-,14-,15+,16-,18+,19+,20+,21+,22-,23+/m1/s1. The Labute approximate surface area is 211 Å². The van der Waals surface area contributed by atoms with E-state index in [4.69, 9.17) is 23.7 Å². The van der Waals surface area contributed by atoms with Gasteiger partial charge in [0.2, 0.25) is 4.93 Å². The maximum atomic E-state index is 12.8. The van der Waals surface area contributed by atoms with E-state index in [-0.39, 0.29) is 18.4 Å². The first-order chi connectivity index (χ1) is 17.4. The largest absolute Gasteiger partial charge is 0.461 e. The average molecular weight is 545 g/mol. The van der Waals surface area contributed by atoms with E-state index in [9.17, 15) is 38.2 Å². The Hall–Kier alpha value is -1.72. The number of esters is 1. The SMILES string of the molecule is C[C@@]12C[C@]3(S(=O)(=O)O)O[C@H](O1)[C@]1(COC(=O)c4ccccc4)[C@H]3C[C@@]12O[C@@H]1O[C@H](CO)[C@@H](O)[C@H](O)[C@H]1O. The molecule has 37 heavy (non-hydrogen) atoms. The first kappa shape index (κ1) is 25.6. The van der Waals surface area contributed by atoms with E-state index in [1.807, 2.05) is 0 Å². The summed E-state index contributed by atoms with van der Waals surface area (Å²) >= 11 is 0. The Morgan fingerprint density at radius 2 is 1.81 bits per heavy atom. The molecule has 13 nitrogen and oxygen atoms in total. The van der Waals surface area contributed by atoms with Crippen molar-refractivity contribution in [2.45, 2.75) is 72.9 Å². The molecule has 204 valence electrons. The molecule has 5 N–H and O–H groups in total. The molecule has 0 amide bonds. The van der Waals surface area contributed by atoms with Crippen LogP contribution in [-0.4, -0.2) is 106 Å². The van der Waals surface area contributed by atoms with Gasteiger partial charge in [0.05, 0.1) is 17.6 Å². The minimum Gasteiger partial charge on any atom is -0.461 e. The van der Waals surface area contributed by atoms with Crippen LogP contribution in [0.4, 0.5) is 0 Å². The fraction of sp³-hybridized carbons (Fsp3) is 0.696. The highest BCUT2D eigenvalue weighted by Gasteiger charge is 2.96. The molecule has 14 heteroatoms. The van der Waals surface area contributed by atoms with Crippen molar-refractivity contribution in [2.75, 3.05) is 13.2 Å². The molecule has 7 fully saturated rings. The van der Waals surface area contributed by atoms with E-state index < -0.39 is 93.8 Å². The number of rotatable bonds is 7. The van der Waals surface area contributed by atoms with E-state index in [1.165, 1.54) is 0 Å². The van der Waals surface area contributed by atoms with Gasteiger partial charge in [-0.3, -0.25) is 4.55 Å². The van der Waals surface area contributed by atoms with Crippen LogP contribution in [0.2, 0.25) is 0 Å². The van der Waals surface area contributed by atoms with Gasteiger partial charge in [-0.15, -0.1) is 0 Å². The number of ether oxygens (including phenoxy) is 5. The minimum absolute atomic E-state index is 0.0301. The lowest BCUT2D eigenvalue weighted by Crippen LogP contribution is -2.81. The number of aliphatic hydroxyl groups excluding tert-OH is 4. The highest BCUT2D eigenvalue weighted by molar-refractivity contribution is 7.87. The van der Waals surface area contributed by atoms with Gasteiger partial charge in [0.1, 0.15) is 42.2 Å². The highest BCUT2D eigenvalue weighted by Crippen LogP contribution is 2.83. The van der Waals surface area contributed by atoms with Crippen molar-refractivity contribution in [1.29, 1.82) is 0 Å². The van der Waals surface area contributed by atoms with Crippen LogP contribution in [0.25, 0.3) is 0 Å². The summed E-state index contributed by atoms with van der Waals surface area (Å²) in [7, 11) is -4.76. The molecule has 0 aromatic heterocycles. The molecular formula is C23H28O13S. The molecular weight excluding hydrogens is 516 g/mol. The first-order valence-electron chi connectivity index (χ1n) is 11.9. The number of carbonyl (C=O) groups excluding carboxylic acids is 1. The van der Waals surface area contributed by atoms with Crippen molar-refractivity contribution in [2.24, 2.45) is 11.3 Å². The summed E-state index contributed by atoms with van der Waals surface area (Å²) in [6.45, 7) is 0.495. The molecule has 4 aliphatic heterocycles. The van der Waals surface area contributed by atoms with E-state index in [1.54, 1.807) is 37.3 Å². The lowest BCUT2D eigenvalue weighted by molar-refractivity contribution is -0.393. The summed E-state index contributed by atoms with van der Waals surface area (Å²) in [5.41, 5.74) is -4.01. The van der Waals surface area contributed by atoms with Gasteiger partial charge in [0, 0.05) is 12.3 Å². The maximum absolute atomic E-state index is 12.8. The van der Waals surface area contributed by atoms with Crippen LogP contribution in [0.15, 0.2) is 30.3 Å². The van der Waals surface area contributed by atoms with E-state index in [2.05, 4.69) is 0 Å². The number of benzene rings is 1. The zero-order chi connectivity index (χ0) is 26.6. The topological polar surface area (TPSA) is 199 Å². The Balaban J connectivity index is 1.38. The second-order valence-corrected chi connectivity index (χ2v) is 12.3. The lowest BCUT2D eigenvalue weighted by atomic mass is 9.41. The number of hydrogen-bond acceptors (Lipinski definition) is 12. The summed E-state index contributed by atoms with van der Waals surface area (Å²) in [5.74, 6) is -1.58. The summed E-state index contributed by atoms with van der Waals surface area (Å²) < 4.78 is 64.8. The van der Waals surface area contributed by atoms with Crippen LogP contribution in [0.1, 0.15) is 30.1 Å². The molecule has 3 saturated carbocycles. The van der Waals surface area contributed by atoms with Gasteiger partial charge in [-0.1, -0.05) is 18.2 Å². The molecule has 0 radical (unpaired) electrons. The van der Waals surface area contributed by atoms with Crippen LogP contribution in [0.5, 0.6) is 0 Å². The van der Waals surface area contributed by atoms with Gasteiger partial charge in [0.25, 0.3) is 10.1 Å². The third-order valence-corrected chi connectivity index (χ3v) is 10.4. The van der Waals surface area contributed by atoms with E-state index in [0.29, 0.717) is 0 Å². The van der Waals surface area contributed by atoms with Crippen molar-refractivity contribution in [3.8, 4) is 0 Å². The van der Waals surface area contributed by atoms with Gasteiger partial charge < -0.3 is 44.1 Å². The quantitative estimate of drug-likeness (QED) is 0.197. The number of aliphatic hydroxyl groups is 4. The maximum Gasteiger partial charge on any atom is 0.338 e. The molecule has 7 aliphatic rings. The predicted molar refractivity (Wildman–Crippen MR) is 118 cm³/mol. The van der Waals surface area contributed by atoms with E-state index in [0.717, 1.165) is 0 Å².